The van der Waals surface area contributed by atoms with E-state index < -0.39 is 5.51 Å². The largest absolute Gasteiger partial charge is 0.446 e. The fraction of sp³-hybridized carbons (Fsp3) is 0.500. The highest BCUT2D eigenvalue weighted by molar-refractivity contribution is 9.09. The molecule has 96 valence electrons. The second-order valence-electron chi connectivity index (χ2n) is 3.64. The first-order chi connectivity index (χ1) is 7.96. The van der Waals surface area contributed by atoms with E-state index in [4.69, 9.17) is 0 Å². The minimum atomic E-state index is -4.21. The number of hydrogen-bond acceptors (Lipinski definition) is 1. The monoisotopic (exact) mass is 326 g/mol. The Balaban J connectivity index is 2.93. The van der Waals surface area contributed by atoms with Crippen molar-refractivity contribution in [3.63, 3.8) is 0 Å². The zero-order valence-electron chi connectivity index (χ0n) is 9.48. The van der Waals surface area contributed by atoms with Gasteiger partial charge in [0.15, 0.2) is 0 Å². The average molecular weight is 327 g/mol. The lowest BCUT2D eigenvalue weighted by atomic mass is 10.1. The van der Waals surface area contributed by atoms with Crippen LogP contribution in [-0.4, -0.2) is 10.8 Å². The van der Waals surface area contributed by atoms with Crippen molar-refractivity contribution < 1.29 is 13.2 Å². The molecule has 1 aromatic rings. The lowest BCUT2D eigenvalue weighted by molar-refractivity contribution is -0.0328. The molecule has 5 heteroatoms. The number of aryl methyl sites for hydroxylation is 2. The summed E-state index contributed by atoms with van der Waals surface area (Å²) in [6, 6.07) is 5.24. The number of hydrogen-bond donors (Lipinski definition) is 0. The van der Waals surface area contributed by atoms with E-state index in [0.717, 1.165) is 29.3 Å². The Kier molecular flexibility index (Phi) is 5.86. The van der Waals surface area contributed by atoms with Crippen LogP contribution in [0, 0.1) is 0 Å². The molecule has 0 radical (unpaired) electrons. The molecular formula is C12H14BrF3S. The summed E-state index contributed by atoms with van der Waals surface area (Å²) in [4.78, 5) is 0.329. The normalized spacial score (nSPS) is 11.8. The van der Waals surface area contributed by atoms with Crippen molar-refractivity contribution in [2.75, 3.05) is 5.33 Å². The van der Waals surface area contributed by atoms with Crippen molar-refractivity contribution in [1.82, 2.24) is 0 Å². The molecule has 0 aliphatic carbocycles. The predicted octanol–water partition coefficient (Wildman–Crippen LogP) is 5.19. The molecule has 0 aliphatic rings. The Hall–Kier alpha value is -0.160. The van der Waals surface area contributed by atoms with Crippen LogP contribution in [0.1, 0.15) is 24.5 Å². The smallest absolute Gasteiger partial charge is 0.160 e. The summed E-state index contributed by atoms with van der Waals surface area (Å²) >= 11 is 3.28. The zero-order valence-corrected chi connectivity index (χ0v) is 11.9. The van der Waals surface area contributed by atoms with E-state index in [-0.39, 0.29) is 11.8 Å². The second-order valence-corrected chi connectivity index (χ2v) is 5.54. The van der Waals surface area contributed by atoms with Gasteiger partial charge in [0.2, 0.25) is 0 Å². The van der Waals surface area contributed by atoms with Crippen molar-refractivity contribution in [2.24, 2.45) is 0 Å². The van der Waals surface area contributed by atoms with E-state index in [0.29, 0.717) is 11.3 Å². The predicted molar refractivity (Wildman–Crippen MR) is 69.8 cm³/mol. The Morgan fingerprint density at radius 1 is 1.29 bits per heavy atom. The summed E-state index contributed by atoms with van der Waals surface area (Å²) in [5.74, 6) is 0. The molecule has 0 unspecified atom stereocenters. The van der Waals surface area contributed by atoms with Crippen molar-refractivity contribution in [3.05, 3.63) is 29.3 Å². The molecule has 0 aromatic heterocycles. The number of rotatable bonds is 5. The summed E-state index contributed by atoms with van der Waals surface area (Å²) in [5, 5.41) is 0.805. The van der Waals surface area contributed by atoms with Crippen LogP contribution in [0.15, 0.2) is 23.1 Å². The highest BCUT2D eigenvalue weighted by atomic mass is 79.9. The van der Waals surface area contributed by atoms with E-state index in [1.54, 1.807) is 12.1 Å². The standard InChI is InChI=1S/C12H14BrF3S/c1-2-9-5-6-11(17-12(14,15)16)10(8-9)4-3-7-13/h5-6,8H,2-4,7H2,1H3. The molecule has 0 nitrogen and oxygen atoms in total. The molecule has 1 aromatic carbocycles. The van der Waals surface area contributed by atoms with E-state index in [2.05, 4.69) is 15.9 Å². The van der Waals surface area contributed by atoms with Gasteiger partial charge in [-0.25, -0.2) is 0 Å². The van der Waals surface area contributed by atoms with Crippen molar-refractivity contribution >= 4 is 27.7 Å². The Bertz CT molecular complexity index is 363. The van der Waals surface area contributed by atoms with Gasteiger partial charge in [-0.2, -0.15) is 13.2 Å². The summed E-state index contributed by atoms with van der Waals surface area (Å²) in [5.41, 5.74) is -2.33. The Labute approximate surface area is 112 Å². The minimum absolute atomic E-state index is 0.0183. The van der Waals surface area contributed by atoms with Crippen molar-refractivity contribution in [3.8, 4) is 0 Å². The molecule has 0 saturated heterocycles. The van der Waals surface area contributed by atoms with Gasteiger partial charge in [0.05, 0.1) is 0 Å². The van der Waals surface area contributed by atoms with E-state index in [1.165, 1.54) is 0 Å². The van der Waals surface area contributed by atoms with Gasteiger partial charge in [0.1, 0.15) is 0 Å². The highest BCUT2D eigenvalue weighted by Gasteiger charge is 2.30. The van der Waals surface area contributed by atoms with E-state index in [1.807, 2.05) is 13.0 Å². The lowest BCUT2D eigenvalue weighted by Crippen LogP contribution is -2.02. The maximum Gasteiger partial charge on any atom is 0.446 e. The fourth-order valence-electron chi connectivity index (χ4n) is 1.53. The van der Waals surface area contributed by atoms with Crippen LogP contribution in [0.4, 0.5) is 13.2 Å². The molecule has 0 spiro atoms. The van der Waals surface area contributed by atoms with Crippen molar-refractivity contribution in [2.45, 2.75) is 36.6 Å². The third-order valence-electron chi connectivity index (χ3n) is 2.34. The van der Waals surface area contributed by atoms with Crippen LogP contribution in [0.3, 0.4) is 0 Å². The summed E-state index contributed by atoms with van der Waals surface area (Å²) in [7, 11) is 0. The van der Waals surface area contributed by atoms with Gasteiger partial charge >= 0.3 is 5.51 Å². The van der Waals surface area contributed by atoms with Crippen LogP contribution in [0.5, 0.6) is 0 Å². The van der Waals surface area contributed by atoms with Crippen LogP contribution in [0.2, 0.25) is 0 Å². The Morgan fingerprint density at radius 3 is 2.53 bits per heavy atom. The highest BCUT2D eigenvalue weighted by Crippen LogP contribution is 2.39. The van der Waals surface area contributed by atoms with Gasteiger partial charge in [-0.1, -0.05) is 35.0 Å². The van der Waals surface area contributed by atoms with Crippen LogP contribution in [-0.2, 0) is 12.8 Å². The van der Waals surface area contributed by atoms with Crippen molar-refractivity contribution in [1.29, 1.82) is 0 Å². The average Bonchev–Trinajstić information content (AvgIpc) is 2.26. The molecule has 0 N–H and O–H groups in total. The molecule has 0 atom stereocenters. The molecule has 0 amide bonds. The zero-order chi connectivity index (χ0) is 12.9. The molecule has 17 heavy (non-hydrogen) atoms. The lowest BCUT2D eigenvalue weighted by Gasteiger charge is -2.12. The topological polar surface area (TPSA) is 0 Å². The molecule has 0 heterocycles. The number of thioether (sulfide) groups is 1. The number of benzene rings is 1. The van der Waals surface area contributed by atoms with Crippen LogP contribution < -0.4 is 0 Å². The third kappa shape index (κ3) is 5.34. The van der Waals surface area contributed by atoms with E-state index in [9.17, 15) is 13.2 Å². The first-order valence-corrected chi connectivity index (χ1v) is 7.33. The molecular weight excluding hydrogens is 313 g/mol. The minimum Gasteiger partial charge on any atom is -0.160 e. The van der Waals surface area contributed by atoms with E-state index >= 15 is 0 Å². The molecule has 0 saturated carbocycles. The SMILES string of the molecule is CCc1ccc(SC(F)(F)F)c(CCCBr)c1. The number of halogens is 4. The Morgan fingerprint density at radius 2 is 2.00 bits per heavy atom. The summed E-state index contributed by atoms with van der Waals surface area (Å²) < 4.78 is 37.1. The van der Waals surface area contributed by atoms with Gasteiger partial charge < -0.3 is 0 Å². The maximum absolute atomic E-state index is 12.4. The molecule has 0 aliphatic heterocycles. The molecule has 1 rings (SSSR count). The third-order valence-corrected chi connectivity index (χ3v) is 3.75. The van der Waals surface area contributed by atoms with Gasteiger partial charge in [0.25, 0.3) is 0 Å². The summed E-state index contributed by atoms with van der Waals surface area (Å²) in [6.45, 7) is 2.00. The number of alkyl halides is 4. The van der Waals surface area contributed by atoms with Gasteiger partial charge in [-0.05, 0) is 48.2 Å². The first kappa shape index (κ1) is 14.9. The maximum atomic E-state index is 12.4. The molecule has 0 bridgehead atoms. The summed E-state index contributed by atoms with van der Waals surface area (Å²) in [6.07, 6.45) is 2.37. The van der Waals surface area contributed by atoms with Gasteiger partial charge in [-0.3, -0.25) is 0 Å². The van der Waals surface area contributed by atoms with Crippen LogP contribution in [0.25, 0.3) is 0 Å². The van der Waals surface area contributed by atoms with Gasteiger partial charge in [0, 0.05) is 10.2 Å². The fourth-order valence-corrected chi connectivity index (χ4v) is 2.49. The molecule has 0 fully saturated rings. The second kappa shape index (κ2) is 6.69. The first-order valence-electron chi connectivity index (χ1n) is 5.39. The quantitative estimate of drug-likeness (QED) is 0.530. The van der Waals surface area contributed by atoms with Gasteiger partial charge in [-0.15, -0.1) is 0 Å². The van der Waals surface area contributed by atoms with Crippen LogP contribution >= 0.6 is 27.7 Å².